The van der Waals surface area contributed by atoms with Gasteiger partial charge >= 0.3 is 5.97 Å². The molecule has 3 heterocycles. The summed E-state index contributed by atoms with van der Waals surface area (Å²) >= 11 is 0. The zero-order valence-electron chi connectivity index (χ0n) is 24.3. The van der Waals surface area contributed by atoms with E-state index in [9.17, 15) is 9.18 Å². The number of carbonyl (C=O) groups is 1. The van der Waals surface area contributed by atoms with Crippen LogP contribution in [0.25, 0.3) is 17.7 Å². The zero-order chi connectivity index (χ0) is 28.6. The summed E-state index contributed by atoms with van der Waals surface area (Å²) in [4.78, 5) is 16.8. The molecule has 2 saturated heterocycles. The molecule has 8 heteroatoms. The van der Waals surface area contributed by atoms with E-state index in [2.05, 4.69) is 6.08 Å². The van der Waals surface area contributed by atoms with Crippen molar-refractivity contribution in [3.8, 4) is 0 Å². The number of methoxy groups -OCH3 is 1. The van der Waals surface area contributed by atoms with Crippen molar-refractivity contribution in [1.82, 2.24) is 4.98 Å². The topological polar surface area (TPSA) is 70.8 Å². The number of esters is 1. The molecule has 2 bridgehead atoms. The minimum absolute atomic E-state index is 0.125. The monoisotopic (exact) mass is 563 g/mol. The van der Waals surface area contributed by atoms with Gasteiger partial charge < -0.3 is 23.1 Å². The van der Waals surface area contributed by atoms with Crippen molar-refractivity contribution in [3.05, 3.63) is 69.7 Å². The first kappa shape index (κ1) is 27.9. The van der Waals surface area contributed by atoms with E-state index in [4.69, 9.17) is 23.6 Å². The SMILES string of the molecule is CCOC1=C(c2ccc(F)cc2)C(OCC)CC(C[N+]23CCC(Cc4nc5c(o4)=CCC(C(=O)OC)C=5)(CC2)C3)=C1. The zero-order valence-corrected chi connectivity index (χ0v) is 24.3. The van der Waals surface area contributed by atoms with Gasteiger partial charge in [-0.15, -0.1) is 0 Å². The molecule has 1 aromatic carbocycles. The lowest BCUT2D eigenvalue weighted by atomic mass is 9.81. The van der Waals surface area contributed by atoms with Gasteiger partial charge in [-0.05, 0) is 61.8 Å². The van der Waals surface area contributed by atoms with Crippen LogP contribution < -0.4 is 10.8 Å². The minimum atomic E-state index is -0.297. The molecular weight excluding hydrogens is 523 g/mol. The highest BCUT2D eigenvalue weighted by molar-refractivity contribution is 5.80. The van der Waals surface area contributed by atoms with Gasteiger partial charge in [0.1, 0.15) is 23.5 Å². The lowest BCUT2D eigenvalue weighted by Gasteiger charge is -2.35. The lowest BCUT2D eigenvalue weighted by Crippen LogP contribution is -2.45. The van der Waals surface area contributed by atoms with Crippen LogP contribution in [0.15, 0.2) is 46.1 Å². The molecule has 6 rings (SSSR count). The number of piperidine rings is 1. The second-order valence-corrected chi connectivity index (χ2v) is 12.0. The summed E-state index contributed by atoms with van der Waals surface area (Å²) in [5.41, 5.74) is 4.25. The molecule has 41 heavy (non-hydrogen) atoms. The van der Waals surface area contributed by atoms with Crippen LogP contribution in [0.3, 0.4) is 0 Å². The third kappa shape index (κ3) is 5.52. The van der Waals surface area contributed by atoms with Crippen molar-refractivity contribution in [2.24, 2.45) is 11.3 Å². The smallest absolute Gasteiger partial charge is 0.312 e. The van der Waals surface area contributed by atoms with Crippen LogP contribution in [0, 0.1) is 17.2 Å². The van der Waals surface area contributed by atoms with Crippen molar-refractivity contribution in [2.75, 3.05) is 46.5 Å². The van der Waals surface area contributed by atoms with Crippen molar-refractivity contribution >= 4 is 23.7 Å². The number of quaternary nitrogens is 1. The fourth-order valence-electron chi connectivity index (χ4n) is 7.46. The van der Waals surface area contributed by atoms with Crippen LogP contribution in [-0.4, -0.2) is 68.0 Å². The molecule has 0 radical (unpaired) electrons. The number of rotatable bonds is 10. The van der Waals surface area contributed by atoms with Crippen LogP contribution in [-0.2, 0) is 25.4 Å². The molecule has 0 saturated carbocycles. The average Bonchev–Trinajstić information content (AvgIpc) is 3.64. The number of oxazole rings is 1. The predicted molar refractivity (Wildman–Crippen MR) is 153 cm³/mol. The molecule has 2 unspecified atom stereocenters. The van der Waals surface area contributed by atoms with Crippen molar-refractivity contribution in [2.45, 2.75) is 52.1 Å². The maximum absolute atomic E-state index is 13.7. The van der Waals surface area contributed by atoms with Gasteiger partial charge in [0.15, 0.2) is 11.3 Å². The first-order valence-corrected chi connectivity index (χ1v) is 14.9. The van der Waals surface area contributed by atoms with Gasteiger partial charge in [0, 0.05) is 43.3 Å². The number of hydrogen-bond donors (Lipinski definition) is 0. The summed E-state index contributed by atoms with van der Waals surface area (Å²) in [6.07, 6.45) is 10.4. The highest BCUT2D eigenvalue weighted by Crippen LogP contribution is 2.49. The van der Waals surface area contributed by atoms with Crippen molar-refractivity contribution < 1.29 is 32.3 Å². The first-order valence-electron chi connectivity index (χ1n) is 14.9. The van der Waals surface area contributed by atoms with Crippen LogP contribution in [0.4, 0.5) is 4.39 Å². The molecule has 0 spiro atoms. The van der Waals surface area contributed by atoms with Gasteiger partial charge in [-0.25, -0.2) is 9.37 Å². The Kier molecular flexibility index (Phi) is 7.64. The number of fused-ring (bicyclic) bond motifs is 3. The Hall–Kier alpha value is -3.23. The van der Waals surface area contributed by atoms with E-state index < -0.39 is 0 Å². The standard InChI is InChI=1S/C33H40FN2O5/c1-4-39-28-16-22(17-29(40-5-2)31(28)23-6-9-25(34)10-7-23)20-36-14-12-33(21-36,13-15-36)19-30-35-26-18-24(32(37)38-3)8-11-27(26)41-30/h6-7,9-11,16,18,24,29H,4-5,8,12-15,17,19-21H2,1-3H3/q+1. The Morgan fingerprint density at radius 2 is 1.95 bits per heavy atom. The summed E-state index contributed by atoms with van der Waals surface area (Å²) in [5, 5.41) is 0.760. The molecular formula is C33H40FN2O5+. The van der Waals surface area contributed by atoms with E-state index in [0.29, 0.717) is 19.6 Å². The first-order chi connectivity index (χ1) is 19.8. The number of allylic oxidation sites excluding steroid dienone is 1. The minimum Gasteiger partial charge on any atom is -0.493 e. The second kappa shape index (κ2) is 11.2. The van der Waals surface area contributed by atoms with Crippen LogP contribution in [0.1, 0.15) is 51.0 Å². The molecule has 2 fully saturated rings. The Bertz CT molecular complexity index is 1480. The number of aromatic nitrogens is 1. The Labute approximate surface area is 240 Å². The van der Waals surface area contributed by atoms with E-state index in [1.54, 1.807) is 0 Å². The normalized spacial score (nSPS) is 28.5. The van der Waals surface area contributed by atoms with E-state index in [-0.39, 0.29) is 29.2 Å². The number of halogens is 1. The van der Waals surface area contributed by atoms with Crippen molar-refractivity contribution in [3.63, 3.8) is 0 Å². The predicted octanol–water partition coefficient (Wildman–Crippen LogP) is 3.90. The molecule has 4 aliphatic rings. The molecule has 7 nitrogen and oxygen atoms in total. The van der Waals surface area contributed by atoms with E-state index >= 15 is 0 Å². The van der Waals surface area contributed by atoms with E-state index in [0.717, 1.165) is 89.9 Å². The van der Waals surface area contributed by atoms with Crippen LogP contribution >= 0.6 is 0 Å². The fourth-order valence-corrected chi connectivity index (χ4v) is 7.46. The fraction of sp³-hybridized carbons (Fsp3) is 0.515. The van der Waals surface area contributed by atoms with Gasteiger partial charge in [-0.1, -0.05) is 12.1 Å². The number of benzene rings is 1. The molecule has 2 aromatic rings. The van der Waals surface area contributed by atoms with E-state index in [1.807, 2.05) is 38.1 Å². The number of carbonyl (C=O) groups excluding carboxylic acids is 1. The van der Waals surface area contributed by atoms with Crippen molar-refractivity contribution in [1.29, 1.82) is 0 Å². The maximum atomic E-state index is 13.7. The summed E-state index contributed by atoms with van der Waals surface area (Å²) in [5.74, 6) is 0.827. The van der Waals surface area contributed by atoms with Gasteiger partial charge in [0.2, 0.25) is 0 Å². The maximum Gasteiger partial charge on any atom is 0.312 e. The second-order valence-electron chi connectivity index (χ2n) is 12.0. The summed E-state index contributed by atoms with van der Waals surface area (Å²) in [6, 6.07) is 6.63. The number of ether oxygens (including phenoxy) is 3. The van der Waals surface area contributed by atoms with Crippen LogP contribution in [0.2, 0.25) is 0 Å². The third-order valence-electron chi connectivity index (χ3n) is 9.31. The molecule has 2 aliphatic carbocycles. The molecule has 2 aliphatic heterocycles. The summed E-state index contributed by atoms with van der Waals surface area (Å²) < 4.78 is 38.3. The lowest BCUT2D eigenvalue weighted by molar-refractivity contribution is -0.905. The Morgan fingerprint density at radius 3 is 2.66 bits per heavy atom. The summed E-state index contributed by atoms with van der Waals surface area (Å²) in [6.45, 7) is 9.52. The van der Waals surface area contributed by atoms with Crippen LogP contribution in [0.5, 0.6) is 0 Å². The molecule has 0 N–H and O–H groups in total. The molecule has 218 valence electrons. The quantitative estimate of drug-likeness (QED) is 0.323. The molecule has 1 aromatic heterocycles. The molecule has 2 atom stereocenters. The number of hydrogen-bond acceptors (Lipinski definition) is 6. The Morgan fingerprint density at radius 1 is 1.17 bits per heavy atom. The third-order valence-corrected chi connectivity index (χ3v) is 9.31. The largest absolute Gasteiger partial charge is 0.493 e. The van der Waals surface area contributed by atoms with Gasteiger partial charge in [-0.3, -0.25) is 4.79 Å². The molecule has 0 amide bonds. The van der Waals surface area contributed by atoms with Gasteiger partial charge in [-0.2, -0.15) is 0 Å². The van der Waals surface area contributed by atoms with Gasteiger partial charge in [0.25, 0.3) is 0 Å². The highest BCUT2D eigenvalue weighted by atomic mass is 19.1. The summed E-state index contributed by atoms with van der Waals surface area (Å²) in [7, 11) is 1.42. The van der Waals surface area contributed by atoms with Gasteiger partial charge in [0.05, 0.1) is 45.4 Å². The average molecular weight is 564 g/mol. The highest BCUT2D eigenvalue weighted by Gasteiger charge is 2.56. The number of nitrogens with zero attached hydrogens (tertiary/aromatic N) is 2. The Balaban J connectivity index is 1.21. The van der Waals surface area contributed by atoms with E-state index in [1.165, 1.54) is 24.8 Å².